The molecule has 0 saturated heterocycles. The summed E-state index contributed by atoms with van der Waals surface area (Å²) in [5.74, 6) is -0.279. The van der Waals surface area contributed by atoms with Gasteiger partial charge in [0.15, 0.2) is 0 Å². The third-order valence-electron chi connectivity index (χ3n) is 4.03. The molecule has 0 radical (unpaired) electrons. The van der Waals surface area contributed by atoms with Crippen LogP contribution in [0.5, 0.6) is 0 Å². The molecule has 3 rings (SSSR count). The SMILES string of the molecule is COC(=O)Cc1ccc(CNC(=O)Nc2ccc(-c3cn[nH]c3)cc2)cc1. The minimum absolute atomic E-state index is 0.236. The lowest BCUT2D eigenvalue weighted by Gasteiger charge is -2.09. The summed E-state index contributed by atoms with van der Waals surface area (Å²) in [5.41, 5.74) is 4.51. The quantitative estimate of drug-likeness (QED) is 0.586. The lowest BCUT2D eigenvalue weighted by Crippen LogP contribution is -2.28. The van der Waals surface area contributed by atoms with Crippen molar-refractivity contribution in [1.82, 2.24) is 15.5 Å². The van der Waals surface area contributed by atoms with Crippen LogP contribution in [0, 0.1) is 0 Å². The zero-order valence-corrected chi connectivity index (χ0v) is 14.9. The zero-order chi connectivity index (χ0) is 19.1. The van der Waals surface area contributed by atoms with Crippen LogP contribution in [0.2, 0.25) is 0 Å². The van der Waals surface area contributed by atoms with Crippen LogP contribution in [0.3, 0.4) is 0 Å². The molecule has 7 heteroatoms. The van der Waals surface area contributed by atoms with Gasteiger partial charge in [-0.3, -0.25) is 9.89 Å². The van der Waals surface area contributed by atoms with Crippen LogP contribution in [0.4, 0.5) is 10.5 Å². The molecule has 0 bridgehead atoms. The van der Waals surface area contributed by atoms with E-state index >= 15 is 0 Å². The third-order valence-corrected chi connectivity index (χ3v) is 4.03. The third kappa shape index (κ3) is 5.18. The number of anilines is 1. The number of hydrogen-bond acceptors (Lipinski definition) is 4. The predicted octanol–water partition coefficient (Wildman–Crippen LogP) is 3.11. The van der Waals surface area contributed by atoms with E-state index in [0.29, 0.717) is 12.2 Å². The Labute approximate surface area is 156 Å². The molecule has 0 aliphatic carbocycles. The lowest BCUT2D eigenvalue weighted by atomic mass is 10.1. The molecule has 0 unspecified atom stereocenters. The molecule has 0 aliphatic heterocycles. The van der Waals surface area contributed by atoms with Gasteiger partial charge in [-0.05, 0) is 28.8 Å². The summed E-state index contributed by atoms with van der Waals surface area (Å²) in [6.07, 6.45) is 3.79. The maximum absolute atomic E-state index is 12.1. The maximum Gasteiger partial charge on any atom is 0.319 e. The van der Waals surface area contributed by atoms with Crippen LogP contribution in [-0.2, 0) is 22.5 Å². The van der Waals surface area contributed by atoms with Gasteiger partial charge in [0.2, 0.25) is 0 Å². The van der Waals surface area contributed by atoms with Gasteiger partial charge in [0.1, 0.15) is 0 Å². The number of carbonyl (C=O) groups is 2. The molecule has 2 amide bonds. The molecule has 0 fully saturated rings. The molecule has 2 aromatic carbocycles. The Hall–Kier alpha value is -3.61. The molecule has 1 aromatic heterocycles. The van der Waals surface area contributed by atoms with E-state index in [1.54, 1.807) is 6.20 Å². The van der Waals surface area contributed by atoms with Gasteiger partial charge in [0.25, 0.3) is 0 Å². The highest BCUT2D eigenvalue weighted by molar-refractivity contribution is 5.89. The zero-order valence-electron chi connectivity index (χ0n) is 14.9. The summed E-state index contributed by atoms with van der Waals surface area (Å²) < 4.78 is 4.64. The normalized spacial score (nSPS) is 10.3. The van der Waals surface area contributed by atoms with Crippen LogP contribution in [0.1, 0.15) is 11.1 Å². The van der Waals surface area contributed by atoms with E-state index < -0.39 is 0 Å². The fourth-order valence-corrected chi connectivity index (χ4v) is 2.53. The van der Waals surface area contributed by atoms with E-state index in [9.17, 15) is 9.59 Å². The molecule has 27 heavy (non-hydrogen) atoms. The van der Waals surface area contributed by atoms with Crippen molar-refractivity contribution >= 4 is 17.7 Å². The van der Waals surface area contributed by atoms with Crippen molar-refractivity contribution in [1.29, 1.82) is 0 Å². The summed E-state index contributed by atoms with van der Waals surface area (Å²) in [5, 5.41) is 12.3. The van der Waals surface area contributed by atoms with Crippen molar-refractivity contribution in [3.8, 4) is 11.1 Å². The van der Waals surface area contributed by atoms with Crippen molar-refractivity contribution < 1.29 is 14.3 Å². The first kappa shape index (κ1) is 18.2. The van der Waals surface area contributed by atoms with Crippen molar-refractivity contribution in [2.45, 2.75) is 13.0 Å². The number of esters is 1. The van der Waals surface area contributed by atoms with Crippen molar-refractivity contribution in [3.63, 3.8) is 0 Å². The van der Waals surface area contributed by atoms with Crippen molar-refractivity contribution in [3.05, 3.63) is 72.1 Å². The van der Waals surface area contributed by atoms with Crippen molar-refractivity contribution in [2.24, 2.45) is 0 Å². The second-order valence-electron chi connectivity index (χ2n) is 5.94. The van der Waals surface area contributed by atoms with Crippen LogP contribution in [0.15, 0.2) is 60.9 Å². The first-order valence-corrected chi connectivity index (χ1v) is 8.43. The second-order valence-corrected chi connectivity index (χ2v) is 5.94. The van der Waals surface area contributed by atoms with Crippen molar-refractivity contribution in [2.75, 3.05) is 12.4 Å². The number of nitrogens with one attached hydrogen (secondary N) is 3. The average Bonchev–Trinajstić information content (AvgIpc) is 3.23. The van der Waals surface area contributed by atoms with Gasteiger partial charge in [-0.1, -0.05) is 36.4 Å². The van der Waals surface area contributed by atoms with E-state index in [0.717, 1.165) is 22.3 Å². The summed E-state index contributed by atoms with van der Waals surface area (Å²) in [7, 11) is 1.37. The lowest BCUT2D eigenvalue weighted by molar-refractivity contribution is -0.139. The van der Waals surface area contributed by atoms with Gasteiger partial charge in [0.05, 0.1) is 19.7 Å². The first-order valence-electron chi connectivity index (χ1n) is 8.43. The number of aromatic amines is 1. The highest BCUT2D eigenvalue weighted by Gasteiger charge is 2.05. The van der Waals surface area contributed by atoms with E-state index in [2.05, 4.69) is 25.6 Å². The molecule has 0 saturated carbocycles. The number of methoxy groups -OCH3 is 1. The average molecular weight is 364 g/mol. The summed E-state index contributed by atoms with van der Waals surface area (Å²) in [6.45, 7) is 0.386. The van der Waals surface area contributed by atoms with Gasteiger partial charge >= 0.3 is 12.0 Å². The topological polar surface area (TPSA) is 96.1 Å². The number of H-pyrrole nitrogens is 1. The number of carbonyl (C=O) groups excluding carboxylic acids is 2. The van der Waals surface area contributed by atoms with Crippen LogP contribution < -0.4 is 10.6 Å². The Morgan fingerprint density at radius 1 is 1.00 bits per heavy atom. The fourth-order valence-electron chi connectivity index (χ4n) is 2.53. The number of benzene rings is 2. The highest BCUT2D eigenvalue weighted by Crippen LogP contribution is 2.19. The number of hydrogen-bond donors (Lipinski definition) is 3. The fraction of sp³-hybridized carbons (Fsp3) is 0.150. The Morgan fingerprint density at radius 3 is 2.33 bits per heavy atom. The minimum atomic E-state index is -0.287. The van der Waals surface area contributed by atoms with Gasteiger partial charge in [0, 0.05) is 24.0 Å². The summed E-state index contributed by atoms with van der Waals surface area (Å²) in [4.78, 5) is 23.3. The number of ether oxygens (including phenoxy) is 1. The van der Waals surface area contributed by atoms with E-state index in [1.165, 1.54) is 7.11 Å². The number of rotatable bonds is 6. The van der Waals surface area contributed by atoms with Crippen LogP contribution in [-0.4, -0.2) is 29.3 Å². The molecule has 1 heterocycles. The highest BCUT2D eigenvalue weighted by atomic mass is 16.5. The Balaban J connectivity index is 1.48. The molecule has 0 atom stereocenters. The van der Waals surface area contributed by atoms with E-state index in [1.807, 2.05) is 54.7 Å². The maximum atomic E-state index is 12.1. The van der Waals surface area contributed by atoms with Gasteiger partial charge in [-0.2, -0.15) is 5.10 Å². The second kappa shape index (κ2) is 8.66. The van der Waals surface area contributed by atoms with Crippen LogP contribution >= 0.6 is 0 Å². The monoisotopic (exact) mass is 364 g/mol. The molecule has 0 spiro atoms. The molecule has 0 aliphatic rings. The van der Waals surface area contributed by atoms with Gasteiger partial charge < -0.3 is 15.4 Å². The predicted molar refractivity (Wildman–Crippen MR) is 102 cm³/mol. The van der Waals surface area contributed by atoms with E-state index in [4.69, 9.17) is 0 Å². The number of urea groups is 1. The van der Waals surface area contributed by atoms with Crippen LogP contribution in [0.25, 0.3) is 11.1 Å². The molecule has 7 nitrogen and oxygen atoms in total. The molecular formula is C20H20N4O3. The first-order chi connectivity index (χ1) is 13.1. The summed E-state index contributed by atoms with van der Waals surface area (Å²) in [6, 6.07) is 14.7. The molecule has 3 N–H and O–H groups in total. The summed E-state index contributed by atoms with van der Waals surface area (Å²) >= 11 is 0. The number of aromatic nitrogens is 2. The van der Waals surface area contributed by atoms with Gasteiger partial charge in [-0.15, -0.1) is 0 Å². The largest absolute Gasteiger partial charge is 0.469 e. The molecule has 138 valence electrons. The standard InChI is InChI=1S/C20H20N4O3/c1-27-19(25)10-14-2-4-15(5-3-14)11-21-20(26)24-18-8-6-16(7-9-18)17-12-22-23-13-17/h2-9,12-13H,10-11H2,1H3,(H,22,23)(H2,21,24,26). The Bertz CT molecular complexity index is 888. The van der Waals surface area contributed by atoms with Gasteiger partial charge in [-0.25, -0.2) is 4.79 Å². The Kier molecular flexibility index (Phi) is 5.84. The minimum Gasteiger partial charge on any atom is -0.469 e. The van der Waals surface area contributed by atoms with E-state index in [-0.39, 0.29) is 18.4 Å². The number of amides is 2. The smallest absolute Gasteiger partial charge is 0.319 e. The Morgan fingerprint density at radius 2 is 1.70 bits per heavy atom. The molecular weight excluding hydrogens is 344 g/mol. The number of nitrogens with zero attached hydrogens (tertiary/aromatic N) is 1. The molecule has 3 aromatic rings.